The van der Waals surface area contributed by atoms with E-state index in [1.165, 1.54) is 51.4 Å². The number of halogens is 1. The first kappa shape index (κ1) is 17.8. The largest absolute Gasteiger partial charge is 0.377 e. The Morgan fingerprint density at radius 1 is 1.17 bits per heavy atom. The molecule has 5 heteroatoms. The van der Waals surface area contributed by atoms with Crippen molar-refractivity contribution in [2.75, 3.05) is 19.7 Å². The molecule has 4 rings (SSSR count). The van der Waals surface area contributed by atoms with Crippen LogP contribution < -0.4 is 10.6 Å². The highest BCUT2D eigenvalue weighted by atomic mass is 127. The number of fused-ring (bicyclic) bond motifs is 2. The molecule has 2 N–H and O–H groups in total. The summed E-state index contributed by atoms with van der Waals surface area (Å²) in [6, 6.07) is 0.585. The van der Waals surface area contributed by atoms with Crippen molar-refractivity contribution < 1.29 is 4.74 Å². The minimum absolute atomic E-state index is 0. The lowest BCUT2D eigenvalue weighted by Crippen LogP contribution is -2.69. The summed E-state index contributed by atoms with van der Waals surface area (Å²) >= 11 is 0. The lowest BCUT2D eigenvalue weighted by Gasteiger charge is -2.57. The molecule has 3 unspecified atom stereocenters. The maximum Gasteiger partial charge on any atom is 0.191 e. The predicted octanol–water partition coefficient (Wildman–Crippen LogP) is 3.31. The Labute approximate surface area is 157 Å². The summed E-state index contributed by atoms with van der Waals surface area (Å²) in [6.45, 7) is 5.07. The molecule has 0 bridgehead atoms. The van der Waals surface area contributed by atoms with Crippen LogP contribution >= 0.6 is 24.0 Å². The van der Waals surface area contributed by atoms with Gasteiger partial charge < -0.3 is 15.4 Å². The molecular weight excluding hydrogens is 401 g/mol. The van der Waals surface area contributed by atoms with Crippen LogP contribution in [0, 0.1) is 17.3 Å². The third-order valence-corrected chi connectivity index (χ3v) is 6.65. The highest BCUT2D eigenvalue weighted by Crippen LogP contribution is 2.60. The van der Waals surface area contributed by atoms with E-state index < -0.39 is 0 Å². The van der Waals surface area contributed by atoms with E-state index in [-0.39, 0.29) is 24.0 Å². The van der Waals surface area contributed by atoms with Crippen LogP contribution in [0.5, 0.6) is 0 Å². The first-order chi connectivity index (χ1) is 10.8. The average molecular weight is 433 g/mol. The van der Waals surface area contributed by atoms with Gasteiger partial charge in [0.05, 0.1) is 6.10 Å². The van der Waals surface area contributed by atoms with E-state index in [1.807, 2.05) is 0 Å². The van der Waals surface area contributed by atoms with E-state index in [1.54, 1.807) is 0 Å². The Kier molecular flexibility index (Phi) is 5.76. The number of nitrogens with one attached hydrogen (secondary N) is 2. The van der Waals surface area contributed by atoms with Crippen LogP contribution in [0.2, 0.25) is 0 Å². The van der Waals surface area contributed by atoms with Crippen LogP contribution in [0.4, 0.5) is 0 Å². The summed E-state index contributed by atoms with van der Waals surface area (Å²) in [5.74, 6) is 2.60. The van der Waals surface area contributed by atoms with Crippen LogP contribution in [-0.4, -0.2) is 37.8 Å². The van der Waals surface area contributed by atoms with Gasteiger partial charge in [-0.25, -0.2) is 0 Å². The number of hydrogen-bond donors (Lipinski definition) is 2. The van der Waals surface area contributed by atoms with Gasteiger partial charge in [-0.15, -0.1) is 24.0 Å². The van der Waals surface area contributed by atoms with Crippen molar-refractivity contribution in [3.05, 3.63) is 0 Å². The van der Waals surface area contributed by atoms with Gasteiger partial charge in [0.25, 0.3) is 0 Å². The fourth-order valence-electron chi connectivity index (χ4n) is 5.27. The quantitative estimate of drug-likeness (QED) is 0.406. The molecule has 1 spiro atoms. The second kappa shape index (κ2) is 7.46. The van der Waals surface area contributed by atoms with Gasteiger partial charge in [0.2, 0.25) is 0 Å². The topological polar surface area (TPSA) is 45.7 Å². The minimum Gasteiger partial charge on any atom is -0.377 e. The Morgan fingerprint density at radius 3 is 2.61 bits per heavy atom. The van der Waals surface area contributed by atoms with E-state index in [4.69, 9.17) is 9.73 Å². The normalized spacial score (nSPS) is 35.2. The first-order valence-corrected chi connectivity index (χ1v) is 9.50. The van der Waals surface area contributed by atoms with Gasteiger partial charge in [0.1, 0.15) is 0 Å². The maximum absolute atomic E-state index is 6.09. The zero-order chi connectivity index (χ0) is 15.0. The summed E-state index contributed by atoms with van der Waals surface area (Å²) in [7, 11) is 0. The number of hydrogen-bond acceptors (Lipinski definition) is 2. The van der Waals surface area contributed by atoms with Crippen LogP contribution in [0.1, 0.15) is 58.3 Å². The van der Waals surface area contributed by atoms with Gasteiger partial charge >= 0.3 is 0 Å². The number of ether oxygens (including phenoxy) is 1. The molecule has 3 saturated carbocycles. The number of guanidine groups is 1. The molecule has 1 aliphatic heterocycles. The van der Waals surface area contributed by atoms with Crippen molar-refractivity contribution in [2.45, 2.75) is 70.4 Å². The lowest BCUT2D eigenvalue weighted by atomic mass is 9.54. The molecule has 3 atom stereocenters. The number of rotatable bonds is 4. The summed E-state index contributed by atoms with van der Waals surface area (Å²) in [4.78, 5) is 4.88. The molecule has 3 aliphatic carbocycles. The Morgan fingerprint density at radius 2 is 1.96 bits per heavy atom. The monoisotopic (exact) mass is 433 g/mol. The molecule has 0 aromatic rings. The summed E-state index contributed by atoms with van der Waals surface area (Å²) in [6.07, 6.45) is 11.3. The maximum atomic E-state index is 6.09. The molecule has 4 aliphatic rings. The molecule has 132 valence electrons. The van der Waals surface area contributed by atoms with E-state index in [0.717, 1.165) is 31.6 Å². The first-order valence-electron chi connectivity index (χ1n) is 9.50. The van der Waals surface area contributed by atoms with Gasteiger partial charge in [0, 0.05) is 37.1 Å². The third-order valence-electron chi connectivity index (χ3n) is 6.65. The molecule has 4 fully saturated rings. The van der Waals surface area contributed by atoms with Gasteiger partial charge in [-0.3, -0.25) is 4.99 Å². The van der Waals surface area contributed by atoms with Crippen molar-refractivity contribution in [2.24, 2.45) is 22.2 Å². The fourth-order valence-corrected chi connectivity index (χ4v) is 5.27. The third kappa shape index (κ3) is 3.12. The summed E-state index contributed by atoms with van der Waals surface area (Å²) < 4.78 is 6.09. The average Bonchev–Trinajstić information content (AvgIpc) is 3.11. The van der Waals surface area contributed by atoms with Gasteiger partial charge in [-0.2, -0.15) is 0 Å². The van der Waals surface area contributed by atoms with Gasteiger partial charge in [-0.05, 0) is 44.9 Å². The molecule has 1 heterocycles. The van der Waals surface area contributed by atoms with Crippen molar-refractivity contribution in [3.63, 3.8) is 0 Å². The molecule has 0 amide bonds. The van der Waals surface area contributed by atoms with E-state index in [0.29, 0.717) is 23.5 Å². The number of aliphatic imine (C=N–C) groups is 1. The van der Waals surface area contributed by atoms with Crippen molar-refractivity contribution in [3.8, 4) is 0 Å². The molecule has 0 aromatic carbocycles. The molecule has 23 heavy (non-hydrogen) atoms. The smallest absolute Gasteiger partial charge is 0.191 e. The minimum atomic E-state index is 0. The van der Waals surface area contributed by atoms with Crippen molar-refractivity contribution >= 4 is 29.9 Å². The van der Waals surface area contributed by atoms with Crippen molar-refractivity contribution in [1.82, 2.24) is 10.6 Å². The molecule has 0 aromatic heterocycles. The molecule has 4 nitrogen and oxygen atoms in total. The van der Waals surface area contributed by atoms with Gasteiger partial charge in [0.15, 0.2) is 5.96 Å². The second-order valence-corrected chi connectivity index (χ2v) is 7.82. The van der Waals surface area contributed by atoms with E-state index in [2.05, 4.69) is 17.6 Å². The van der Waals surface area contributed by atoms with E-state index >= 15 is 0 Å². The standard InChI is InChI=1S/C18H31N3O.HI/c1-2-19-17(20-12-13-6-5-7-13)21-15-14-8-11-22-16(14)18(15)9-3-4-10-18;/h13-16H,2-12H2,1H3,(H2,19,20,21);1H. The molecular formula is C18H32IN3O. The Hall–Kier alpha value is -0.0400. The number of nitrogens with zero attached hydrogens (tertiary/aromatic N) is 1. The van der Waals surface area contributed by atoms with E-state index in [9.17, 15) is 0 Å². The highest BCUT2D eigenvalue weighted by Gasteiger charge is 2.65. The predicted molar refractivity (Wildman–Crippen MR) is 104 cm³/mol. The van der Waals surface area contributed by atoms with Crippen LogP contribution in [-0.2, 0) is 4.74 Å². The van der Waals surface area contributed by atoms with Crippen LogP contribution in [0.3, 0.4) is 0 Å². The summed E-state index contributed by atoms with van der Waals surface area (Å²) in [5.41, 5.74) is 0.411. The van der Waals surface area contributed by atoms with Gasteiger partial charge in [-0.1, -0.05) is 19.3 Å². The second-order valence-electron chi connectivity index (χ2n) is 7.82. The highest BCUT2D eigenvalue weighted by molar-refractivity contribution is 14.0. The zero-order valence-corrected chi connectivity index (χ0v) is 16.7. The lowest BCUT2D eigenvalue weighted by molar-refractivity contribution is -0.125. The fraction of sp³-hybridized carbons (Fsp3) is 0.944. The Bertz CT molecular complexity index is 432. The molecule has 1 saturated heterocycles. The SMILES string of the molecule is CCNC(=NCC1CCC1)NC1C2CCOC2C12CCCC2.I. The van der Waals surface area contributed by atoms with Crippen LogP contribution in [0.15, 0.2) is 4.99 Å². The van der Waals surface area contributed by atoms with Crippen molar-refractivity contribution in [1.29, 1.82) is 0 Å². The molecule has 0 radical (unpaired) electrons. The summed E-state index contributed by atoms with van der Waals surface area (Å²) in [5, 5.41) is 7.29. The van der Waals surface area contributed by atoms with Crippen LogP contribution in [0.25, 0.3) is 0 Å². The Balaban J connectivity index is 0.00000156. The zero-order valence-electron chi connectivity index (χ0n) is 14.4.